The van der Waals surface area contributed by atoms with Crippen molar-refractivity contribution in [3.63, 3.8) is 0 Å². The SMILES string of the molecule is C[Si](C)(C)CCOCn1cnnc1-c1cncc(-c2cc(OC(=O)NCc3ccccc3)ccc2O)c1. The van der Waals surface area contributed by atoms with Gasteiger partial charge in [-0.3, -0.25) is 9.55 Å². The summed E-state index contributed by atoms with van der Waals surface area (Å²) in [7, 11) is -1.18. The number of nitrogens with one attached hydrogen (secondary N) is 1. The number of aromatic hydroxyl groups is 1. The summed E-state index contributed by atoms with van der Waals surface area (Å²) in [4.78, 5) is 16.6. The molecule has 2 heterocycles. The van der Waals surface area contributed by atoms with Crippen LogP contribution in [0.5, 0.6) is 11.5 Å². The average molecular weight is 518 g/mol. The van der Waals surface area contributed by atoms with Gasteiger partial charge >= 0.3 is 6.09 Å². The molecule has 2 aromatic carbocycles. The van der Waals surface area contributed by atoms with Gasteiger partial charge in [0, 0.05) is 50.3 Å². The predicted molar refractivity (Wildman–Crippen MR) is 144 cm³/mol. The van der Waals surface area contributed by atoms with E-state index in [1.54, 1.807) is 24.8 Å². The molecule has 2 N–H and O–H groups in total. The lowest BCUT2D eigenvalue weighted by Gasteiger charge is -2.16. The van der Waals surface area contributed by atoms with Gasteiger partial charge in [-0.05, 0) is 35.9 Å². The van der Waals surface area contributed by atoms with Crippen LogP contribution in [-0.4, -0.2) is 45.6 Å². The Morgan fingerprint density at radius 1 is 1.05 bits per heavy atom. The lowest BCUT2D eigenvalue weighted by atomic mass is 10.0. The van der Waals surface area contributed by atoms with Gasteiger partial charge in [0.1, 0.15) is 24.6 Å². The molecule has 2 aromatic heterocycles. The molecule has 0 bridgehead atoms. The van der Waals surface area contributed by atoms with Crippen molar-refractivity contribution in [2.45, 2.75) is 39.0 Å². The fourth-order valence-electron chi connectivity index (χ4n) is 3.55. The smallest absolute Gasteiger partial charge is 0.412 e. The van der Waals surface area contributed by atoms with Crippen molar-refractivity contribution >= 4 is 14.2 Å². The van der Waals surface area contributed by atoms with Crippen LogP contribution in [-0.2, 0) is 18.0 Å². The summed E-state index contributed by atoms with van der Waals surface area (Å²) in [6, 6.07) is 17.1. The number of aromatic nitrogens is 4. The summed E-state index contributed by atoms with van der Waals surface area (Å²) in [6.45, 7) is 8.30. The Labute approximate surface area is 217 Å². The number of hydrogen-bond acceptors (Lipinski definition) is 7. The summed E-state index contributed by atoms with van der Waals surface area (Å²) in [5.41, 5.74) is 2.79. The number of carbonyl (C=O) groups is 1. The molecule has 0 saturated carbocycles. The quantitative estimate of drug-likeness (QED) is 0.216. The highest BCUT2D eigenvalue weighted by Crippen LogP contribution is 2.34. The molecular weight excluding hydrogens is 486 g/mol. The van der Waals surface area contributed by atoms with Gasteiger partial charge < -0.3 is 19.9 Å². The number of pyridine rings is 1. The number of phenolic OH excluding ortho intramolecular Hbond substituents is 1. The van der Waals surface area contributed by atoms with E-state index in [-0.39, 0.29) is 5.75 Å². The van der Waals surface area contributed by atoms with Crippen LogP contribution in [0.3, 0.4) is 0 Å². The average Bonchev–Trinajstić information content (AvgIpc) is 3.35. The first-order chi connectivity index (χ1) is 17.8. The van der Waals surface area contributed by atoms with Crippen LogP contribution >= 0.6 is 0 Å². The van der Waals surface area contributed by atoms with Crippen LogP contribution in [0, 0.1) is 0 Å². The van der Waals surface area contributed by atoms with Crippen molar-refractivity contribution in [1.29, 1.82) is 0 Å². The largest absolute Gasteiger partial charge is 0.507 e. The van der Waals surface area contributed by atoms with E-state index in [9.17, 15) is 9.90 Å². The van der Waals surface area contributed by atoms with Crippen LogP contribution < -0.4 is 10.1 Å². The normalized spacial score (nSPS) is 11.3. The minimum atomic E-state index is -1.18. The zero-order valence-electron chi connectivity index (χ0n) is 21.2. The van der Waals surface area contributed by atoms with Crippen molar-refractivity contribution < 1.29 is 19.4 Å². The lowest BCUT2D eigenvalue weighted by Crippen LogP contribution is -2.26. The van der Waals surface area contributed by atoms with E-state index in [1.165, 1.54) is 12.1 Å². The molecule has 0 aliphatic rings. The third-order valence-corrected chi connectivity index (χ3v) is 7.31. The van der Waals surface area contributed by atoms with E-state index >= 15 is 0 Å². The zero-order chi connectivity index (χ0) is 26.3. The van der Waals surface area contributed by atoms with Gasteiger partial charge in [0.15, 0.2) is 5.82 Å². The second-order valence-corrected chi connectivity index (χ2v) is 15.5. The predicted octanol–water partition coefficient (Wildman–Crippen LogP) is 5.31. The van der Waals surface area contributed by atoms with Gasteiger partial charge in [-0.2, -0.15) is 0 Å². The van der Waals surface area contributed by atoms with Crippen LogP contribution in [0.2, 0.25) is 25.7 Å². The fourth-order valence-corrected chi connectivity index (χ4v) is 4.30. The number of phenols is 1. The molecule has 0 unspecified atom stereocenters. The van der Waals surface area contributed by atoms with Crippen molar-refractivity contribution in [2.24, 2.45) is 0 Å². The van der Waals surface area contributed by atoms with Crippen LogP contribution in [0.25, 0.3) is 22.5 Å². The van der Waals surface area contributed by atoms with Gasteiger partial charge in [-0.15, -0.1) is 10.2 Å². The number of amides is 1. The Morgan fingerprint density at radius 3 is 2.62 bits per heavy atom. The standard InChI is InChI=1S/C27H31N5O4Si/c1-37(2,3)12-11-35-19-32-18-30-31-26(32)22-13-21(16-28-17-22)24-14-23(9-10-25(24)33)36-27(34)29-15-20-7-5-4-6-8-20/h4-10,13-14,16-18,33H,11-12,15,19H2,1-3H3,(H,29,34). The van der Waals surface area contributed by atoms with Gasteiger partial charge in [0.05, 0.1) is 0 Å². The molecule has 4 rings (SSSR count). The van der Waals surface area contributed by atoms with E-state index in [0.29, 0.717) is 42.6 Å². The number of hydrogen-bond donors (Lipinski definition) is 2. The molecule has 1 amide bonds. The number of carbonyl (C=O) groups excluding carboxylic acids is 1. The molecule has 192 valence electrons. The van der Waals surface area contributed by atoms with Gasteiger partial charge in [0.25, 0.3) is 0 Å². The minimum Gasteiger partial charge on any atom is -0.507 e. The first-order valence-corrected chi connectivity index (χ1v) is 15.7. The van der Waals surface area contributed by atoms with E-state index in [2.05, 4.69) is 40.1 Å². The first-order valence-electron chi connectivity index (χ1n) is 12.0. The molecule has 9 nitrogen and oxygen atoms in total. The van der Waals surface area contributed by atoms with Gasteiger partial charge in [-0.1, -0.05) is 50.0 Å². The van der Waals surface area contributed by atoms with Crippen molar-refractivity contribution in [3.05, 3.63) is 78.9 Å². The van der Waals surface area contributed by atoms with E-state index in [1.807, 2.05) is 41.0 Å². The molecule has 10 heteroatoms. The number of nitrogens with zero attached hydrogens (tertiary/aromatic N) is 4. The van der Waals surface area contributed by atoms with Crippen LogP contribution in [0.15, 0.2) is 73.3 Å². The highest BCUT2D eigenvalue weighted by Gasteiger charge is 2.15. The Kier molecular flexibility index (Phi) is 8.31. The number of benzene rings is 2. The van der Waals surface area contributed by atoms with Crippen molar-refractivity contribution in [2.75, 3.05) is 6.61 Å². The summed E-state index contributed by atoms with van der Waals surface area (Å²) in [6.07, 6.45) is 4.34. The fraction of sp³-hybridized carbons (Fsp3) is 0.259. The second kappa shape index (κ2) is 11.8. The summed E-state index contributed by atoms with van der Waals surface area (Å²) >= 11 is 0. The third-order valence-electron chi connectivity index (χ3n) is 5.61. The number of rotatable bonds is 10. The van der Waals surface area contributed by atoms with Crippen LogP contribution in [0.1, 0.15) is 5.56 Å². The van der Waals surface area contributed by atoms with E-state index in [4.69, 9.17) is 9.47 Å². The molecule has 0 spiro atoms. The summed E-state index contributed by atoms with van der Waals surface area (Å²) in [5.74, 6) is 0.935. The molecule has 37 heavy (non-hydrogen) atoms. The maximum atomic E-state index is 12.3. The molecular formula is C27H31N5O4Si. The Balaban J connectivity index is 1.46. The second-order valence-electron chi connectivity index (χ2n) is 9.84. The van der Waals surface area contributed by atoms with E-state index < -0.39 is 14.2 Å². The zero-order valence-corrected chi connectivity index (χ0v) is 22.2. The summed E-state index contributed by atoms with van der Waals surface area (Å²) < 4.78 is 13.1. The Hall–Kier alpha value is -4.02. The van der Waals surface area contributed by atoms with Crippen molar-refractivity contribution in [1.82, 2.24) is 25.1 Å². The molecule has 0 saturated heterocycles. The molecule has 4 aromatic rings. The van der Waals surface area contributed by atoms with Gasteiger partial charge in [-0.25, -0.2) is 4.79 Å². The van der Waals surface area contributed by atoms with E-state index in [0.717, 1.165) is 17.2 Å². The Bertz CT molecular complexity index is 1340. The Morgan fingerprint density at radius 2 is 1.84 bits per heavy atom. The van der Waals surface area contributed by atoms with Crippen molar-refractivity contribution in [3.8, 4) is 34.0 Å². The third kappa shape index (κ3) is 7.48. The van der Waals surface area contributed by atoms with Crippen LogP contribution in [0.4, 0.5) is 4.79 Å². The maximum Gasteiger partial charge on any atom is 0.412 e. The molecule has 0 aliphatic carbocycles. The topological polar surface area (TPSA) is 111 Å². The molecule has 0 fully saturated rings. The first kappa shape index (κ1) is 26.1. The highest BCUT2D eigenvalue weighted by molar-refractivity contribution is 6.76. The lowest BCUT2D eigenvalue weighted by molar-refractivity contribution is 0.0880. The maximum absolute atomic E-state index is 12.3. The summed E-state index contributed by atoms with van der Waals surface area (Å²) in [5, 5.41) is 21.5. The highest BCUT2D eigenvalue weighted by atomic mass is 28.3. The minimum absolute atomic E-state index is 0.0344. The molecule has 0 aliphatic heterocycles. The monoisotopic (exact) mass is 517 g/mol. The molecule has 0 radical (unpaired) electrons. The van der Waals surface area contributed by atoms with Gasteiger partial charge in [0.2, 0.25) is 0 Å². The molecule has 0 atom stereocenters. The number of ether oxygens (including phenoxy) is 2.